The summed E-state index contributed by atoms with van der Waals surface area (Å²) in [7, 11) is 6.02. The molecular formula is C26H38Cl2N3O3+. The zero-order chi connectivity index (χ0) is 25.6. The molecule has 1 saturated carbocycles. The fraction of sp³-hybridized carbons (Fsp3) is 0.500. The lowest BCUT2D eigenvalue weighted by atomic mass is 9.74. The van der Waals surface area contributed by atoms with Crippen molar-refractivity contribution < 1.29 is 18.9 Å². The van der Waals surface area contributed by atoms with Gasteiger partial charge in [-0.05, 0) is 52.2 Å². The number of hydrogen-bond donors (Lipinski definition) is 0. The van der Waals surface area contributed by atoms with Gasteiger partial charge in [-0.25, -0.2) is 0 Å². The van der Waals surface area contributed by atoms with E-state index in [2.05, 4.69) is 37.5 Å². The van der Waals surface area contributed by atoms with Crippen LogP contribution in [0.3, 0.4) is 0 Å². The lowest BCUT2D eigenvalue weighted by molar-refractivity contribution is -0.733. The predicted octanol–water partition coefficient (Wildman–Crippen LogP) is 4.76. The Bertz CT molecular complexity index is 878. The molecule has 1 aliphatic carbocycles. The number of pyridine rings is 1. The quantitative estimate of drug-likeness (QED) is 0.221. The molecule has 0 N–H and O–H groups in total. The Morgan fingerprint density at radius 1 is 1.09 bits per heavy atom. The Hall–Kier alpha value is -1.83. The lowest BCUT2D eigenvalue weighted by Gasteiger charge is -2.43. The highest BCUT2D eigenvalue weighted by molar-refractivity contribution is 6.31. The van der Waals surface area contributed by atoms with Crippen LogP contribution >= 0.6 is 23.2 Å². The van der Waals surface area contributed by atoms with Gasteiger partial charge in [0.2, 0.25) is 0 Å². The number of halogens is 2. The Balaban J connectivity index is 0.000000733. The average molecular weight is 512 g/mol. The number of aldehydes is 1. The van der Waals surface area contributed by atoms with Crippen LogP contribution in [0.15, 0.2) is 48.8 Å². The second kappa shape index (κ2) is 16.0. The van der Waals surface area contributed by atoms with E-state index in [1.807, 2.05) is 40.8 Å². The minimum atomic E-state index is -0.747. The molecule has 2 aromatic rings. The van der Waals surface area contributed by atoms with Gasteiger partial charge in [0.25, 0.3) is 6.73 Å². The highest BCUT2D eigenvalue weighted by Crippen LogP contribution is 2.42. The van der Waals surface area contributed by atoms with E-state index < -0.39 is 5.54 Å². The molecule has 1 unspecified atom stereocenters. The number of benzene rings is 1. The molecule has 1 atom stereocenters. The second-order valence-corrected chi connectivity index (χ2v) is 8.70. The Morgan fingerprint density at radius 3 is 2.24 bits per heavy atom. The van der Waals surface area contributed by atoms with Crippen LogP contribution in [0.5, 0.6) is 0 Å². The van der Waals surface area contributed by atoms with Crippen LogP contribution < -0.4 is 4.57 Å². The first-order valence-corrected chi connectivity index (χ1v) is 12.5. The van der Waals surface area contributed by atoms with Crippen LogP contribution in [0.1, 0.15) is 48.5 Å². The van der Waals surface area contributed by atoms with Crippen LogP contribution in [-0.2, 0) is 21.8 Å². The van der Waals surface area contributed by atoms with Gasteiger partial charge in [0, 0.05) is 35.5 Å². The van der Waals surface area contributed by atoms with Crippen molar-refractivity contribution in [3.05, 3.63) is 64.9 Å². The van der Waals surface area contributed by atoms with Gasteiger partial charge in [0.1, 0.15) is 12.3 Å². The molecule has 1 fully saturated rings. The van der Waals surface area contributed by atoms with E-state index in [0.717, 1.165) is 37.7 Å². The van der Waals surface area contributed by atoms with E-state index in [1.165, 1.54) is 6.38 Å². The lowest BCUT2D eigenvalue weighted by Crippen LogP contribution is -2.53. The van der Waals surface area contributed by atoms with Gasteiger partial charge in [-0.3, -0.25) is 14.5 Å². The summed E-state index contributed by atoms with van der Waals surface area (Å²) in [5, 5.41) is 0.610. The van der Waals surface area contributed by atoms with Crippen LogP contribution in [-0.4, -0.2) is 62.7 Å². The standard InChI is InChI=1S/C21H24ClN2O3.C4H11N.CH3Cl/c1-23(15-27-16-24-12-9-17(14-25)10-13-24)21(11-5-4-8-20(21)26)18-6-2-3-7-19(18)22;1-4-5(2)3;1-2/h2-3,6-7,9-10,12-14H,4-5,8,11,15-16H2,1H3;4H2,1-3H3;1H3/q+1;;. The minimum Gasteiger partial charge on any atom is -0.310 e. The number of aromatic nitrogens is 1. The number of carbonyl (C=O) groups excluding carboxylic acids is 2. The van der Waals surface area contributed by atoms with Gasteiger partial charge in [-0.2, -0.15) is 4.57 Å². The molecule has 8 heteroatoms. The average Bonchev–Trinajstić information content (AvgIpc) is 2.87. The fourth-order valence-electron chi connectivity index (χ4n) is 3.73. The first-order valence-electron chi connectivity index (χ1n) is 11.4. The highest BCUT2D eigenvalue weighted by Gasteiger charge is 2.46. The molecule has 0 radical (unpaired) electrons. The summed E-state index contributed by atoms with van der Waals surface area (Å²) in [6.45, 7) is 3.88. The fourth-order valence-corrected chi connectivity index (χ4v) is 4.02. The number of ether oxygens (including phenoxy) is 1. The number of ketones is 1. The smallest absolute Gasteiger partial charge is 0.253 e. The summed E-state index contributed by atoms with van der Waals surface area (Å²) >= 11 is 11.1. The van der Waals surface area contributed by atoms with Crippen molar-refractivity contribution in [3.8, 4) is 0 Å². The van der Waals surface area contributed by atoms with Crippen molar-refractivity contribution >= 4 is 35.3 Å². The predicted molar refractivity (Wildman–Crippen MR) is 138 cm³/mol. The van der Waals surface area contributed by atoms with Gasteiger partial charge in [0.05, 0.1) is 0 Å². The zero-order valence-electron chi connectivity index (χ0n) is 21.0. The van der Waals surface area contributed by atoms with E-state index in [9.17, 15) is 9.59 Å². The van der Waals surface area contributed by atoms with Crippen LogP contribution in [0.25, 0.3) is 0 Å². The summed E-state index contributed by atoms with van der Waals surface area (Å²) in [5.74, 6) is 0.191. The van der Waals surface area contributed by atoms with Gasteiger partial charge >= 0.3 is 0 Å². The van der Waals surface area contributed by atoms with E-state index in [4.69, 9.17) is 16.3 Å². The van der Waals surface area contributed by atoms with E-state index in [-0.39, 0.29) is 5.78 Å². The largest absolute Gasteiger partial charge is 0.310 e. The number of rotatable bonds is 8. The van der Waals surface area contributed by atoms with Crippen LogP contribution in [0.2, 0.25) is 5.02 Å². The second-order valence-electron chi connectivity index (χ2n) is 8.29. The third kappa shape index (κ3) is 8.43. The van der Waals surface area contributed by atoms with Crippen molar-refractivity contribution in [2.24, 2.45) is 0 Å². The number of hydrogen-bond acceptors (Lipinski definition) is 5. The Morgan fingerprint density at radius 2 is 1.71 bits per heavy atom. The summed E-state index contributed by atoms with van der Waals surface area (Å²) in [4.78, 5) is 27.8. The molecular weight excluding hydrogens is 473 g/mol. The normalized spacial score (nSPS) is 17.5. The van der Waals surface area contributed by atoms with E-state index in [1.54, 1.807) is 24.5 Å². The molecule has 0 saturated heterocycles. The van der Waals surface area contributed by atoms with Crippen molar-refractivity contribution in [3.63, 3.8) is 0 Å². The Kier molecular flexibility index (Phi) is 14.2. The molecule has 0 bridgehead atoms. The molecule has 1 heterocycles. The van der Waals surface area contributed by atoms with E-state index in [0.29, 0.717) is 30.5 Å². The zero-order valence-corrected chi connectivity index (χ0v) is 22.5. The first-order chi connectivity index (χ1) is 16.3. The first kappa shape index (κ1) is 30.2. The Labute approximate surface area is 214 Å². The van der Waals surface area contributed by atoms with Crippen molar-refractivity contribution in [1.82, 2.24) is 9.80 Å². The van der Waals surface area contributed by atoms with Crippen LogP contribution in [0.4, 0.5) is 0 Å². The van der Waals surface area contributed by atoms with Crippen molar-refractivity contribution in [1.29, 1.82) is 0 Å². The van der Waals surface area contributed by atoms with Gasteiger partial charge in [-0.1, -0.05) is 43.1 Å². The third-order valence-corrected chi connectivity index (χ3v) is 6.17. The molecule has 188 valence electrons. The molecule has 34 heavy (non-hydrogen) atoms. The molecule has 6 nitrogen and oxygen atoms in total. The SMILES string of the molecule is CCN(C)C.CCl.CN(COC[n+]1ccc(C=O)cc1)C1(c2ccccc2Cl)CCCCC1=O. The summed E-state index contributed by atoms with van der Waals surface area (Å²) < 4.78 is 7.69. The number of Topliss-reactive ketones (excluding diaryl/α,β-unsaturated/α-hetero) is 1. The van der Waals surface area contributed by atoms with Crippen molar-refractivity contribution in [2.45, 2.75) is 44.9 Å². The maximum Gasteiger partial charge on any atom is 0.253 e. The third-order valence-electron chi connectivity index (χ3n) is 5.84. The number of carbonyl (C=O) groups is 2. The molecule has 0 spiro atoms. The molecule has 1 aromatic carbocycles. The molecule has 1 aliphatic rings. The number of likely N-dealkylation sites (N-methyl/N-ethyl adjacent to an activating group) is 1. The van der Waals surface area contributed by atoms with Gasteiger partial charge in [0.15, 0.2) is 24.5 Å². The molecule has 0 aliphatic heterocycles. The monoisotopic (exact) mass is 510 g/mol. The molecule has 1 aromatic heterocycles. The highest BCUT2D eigenvalue weighted by atomic mass is 35.5. The topological polar surface area (TPSA) is 53.7 Å². The van der Waals surface area contributed by atoms with Crippen LogP contribution in [0, 0.1) is 0 Å². The maximum atomic E-state index is 13.0. The summed E-state index contributed by atoms with van der Waals surface area (Å²) in [6.07, 6.45) is 9.04. The van der Waals surface area contributed by atoms with E-state index >= 15 is 0 Å². The van der Waals surface area contributed by atoms with Gasteiger partial charge in [-0.15, -0.1) is 11.6 Å². The van der Waals surface area contributed by atoms with Crippen molar-refractivity contribution in [2.75, 3.05) is 40.8 Å². The maximum absolute atomic E-state index is 13.0. The summed E-state index contributed by atoms with van der Waals surface area (Å²) in [5.41, 5.74) is 0.724. The number of nitrogens with zero attached hydrogens (tertiary/aromatic N) is 3. The minimum absolute atomic E-state index is 0.191. The number of alkyl halides is 1. The molecule has 0 amide bonds. The summed E-state index contributed by atoms with van der Waals surface area (Å²) in [6, 6.07) is 11.0. The molecule has 3 rings (SSSR count). The van der Waals surface area contributed by atoms with Gasteiger partial charge < -0.3 is 9.64 Å².